The van der Waals surface area contributed by atoms with Gasteiger partial charge in [-0.3, -0.25) is 0 Å². The monoisotopic (exact) mass is 220 g/mol. The molecule has 0 saturated heterocycles. The molecule has 0 saturated carbocycles. The van der Waals surface area contributed by atoms with Gasteiger partial charge < -0.3 is 14.9 Å². The van der Waals surface area contributed by atoms with Gasteiger partial charge in [-0.25, -0.2) is 4.79 Å². The maximum Gasteiger partial charge on any atom is 0.334 e. The standard InChI is InChI=1S/C9H13ClO4/c1-4-3-6(14-9(4)13)8(12)7(11)5(2)10/h3,5-8,11-12H,1-2H3/t5-,6-,7-,8-/m1/s1. The summed E-state index contributed by atoms with van der Waals surface area (Å²) < 4.78 is 4.81. The number of carbonyl (C=O) groups excluding carboxylic acids is 1. The van der Waals surface area contributed by atoms with E-state index in [-0.39, 0.29) is 0 Å². The van der Waals surface area contributed by atoms with Gasteiger partial charge in [0.05, 0.1) is 11.5 Å². The Morgan fingerprint density at radius 2 is 2.14 bits per heavy atom. The summed E-state index contributed by atoms with van der Waals surface area (Å²) in [6, 6.07) is 0. The second-order valence-electron chi connectivity index (χ2n) is 3.38. The summed E-state index contributed by atoms with van der Waals surface area (Å²) in [6.45, 7) is 3.15. The van der Waals surface area contributed by atoms with Gasteiger partial charge in [0.1, 0.15) is 12.2 Å². The summed E-state index contributed by atoms with van der Waals surface area (Å²) in [6.07, 6.45) is -1.60. The third-order valence-corrected chi connectivity index (χ3v) is 2.39. The van der Waals surface area contributed by atoms with Gasteiger partial charge in [-0.2, -0.15) is 0 Å². The highest BCUT2D eigenvalue weighted by molar-refractivity contribution is 6.20. The Kier molecular flexibility index (Phi) is 3.53. The Hall–Kier alpha value is -0.580. The molecule has 0 aliphatic carbocycles. The molecule has 0 spiro atoms. The van der Waals surface area contributed by atoms with Gasteiger partial charge in [0, 0.05) is 5.57 Å². The topological polar surface area (TPSA) is 66.8 Å². The minimum atomic E-state index is -1.18. The van der Waals surface area contributed by atoms with Gasteiger partial charge in [0.2, 0.25) is 0 Å². The highest BCUT2D eigenvalue weighted by atomic mass is 35.5. The molecular weight excluding hydrogens is 208 g/mol. The maximum atomic E-state index is 11.0. The normalized spacial score (nSPS) is 27.9. The molecule has 0 aromatic rings. The van der Waals surface area contributed by atoms with Crippen molar-refractivity contribution in [2.45, 2.75) is 37.5 Å². The van der Waals surface area contributed by atoms with Gasteiger partial charge in [0.15, 0.2) is 0 Å². The molecule has 14 heavy (non-hydrogen) atoms. The van der Waals surface area contributed by atoms with Gasteiger partial charge in [-0.1, -0.05) is 0 Å². The SMILES string of the molecule is CC1=C[C@H]([C@@H](O)[C@H](O)[C@@H](C)Cl)OC1=O. The lowest BCUT2D eigenvalue weighted by Crippen LogP contribution is -2.41. The van der Waals surface area contributed by atoms with Crippen molar-refractivity contribution in [1.29, 1.82) is 0 Å². The van der Waals surface area contributed by atoms with Crippen LogP contribution in [0, 0.1) is 0 Å². The number of esters is 1. The smallest absolute Gasteiger partial charge is 0.334 e. The summed E-state index contributed by atoms with van der Waals surface area (Å²) in [7, 11) is 0. The Labute approximate surface area is 87.1 Å². The van der Waals surface area contributed by atoms with Crippen LogP contribution < -0.4 is 0 Å². The molecule has 0 fully saturated rings. The quantitative estimate of drug-likeness (QED) is 0.527. The molecule has 0 bridgehead atoms. The summed E-state index contributed by atoms with van der Waals surface area (Å²) in [5.41, 5.74) is 0.434. The summed E-state index contributed by atoms with van der Waals surface area (Å²) >= 11 is 5.60. The fourth-order valence-corrected chi connectivity index (χ4v) is 1.35. The van der Waals surface area contributed by atoms with E-state index in [9.17, 15) is 15.0 Å². The van der Waals surface area contributed by atoms with Crippen molar-refractivity contribution in [2.75, 3.05) is 0 Å². The van der Waals surface area contributed by atoms with Crippen LogP contribution in [0.2, 0.25) is 0 Å². The average Bonchev–Trinajstić information content (AvgIpc) is 2.44. The predicted octanol–water partition coefficient (Wildman–Crippen LogP) is 0.207. The molecule has 1 rings (SSSR count). The minimum Gasteiger partial charge on any atom is -0.452 e. The zero-order valence-corrected chi connectivity index (χ0v) is 8.73. The number of alkyl halides is 1. The van der Waals surface area contributed by atoms with Crippen LogP contribution in [0.4, 0.5) is 0 Å². The highest BCUT2D eigenvalue weighted by Crippen LogP contribution is 2.20. The van der Waals surface area contributed by atoms with E-state index >= 15 is 0 Å². The van der Waals surface area contributed by atoms with Crippen molar-refractivity contribution in [3.8, 4) is 0 Å². The van der Waals surface area contributed by atoms with Crippen LogP contribution in [-0.2, 0) is 9.53 Å². The number of ether oxygens (including phenoxy) is 1. The number of aliphatic hydroxyl groups is 2. The minimum absolute atomic E-state index is 0.434. The van der Waals surface area contributed by atoms with Crippen molar-refractivity contribution in [1.82, 2.24) is 0 Å². The number of hydrogen-bond acceptors (Lipinski definition) is 4. The Morgan fingerprint density at radius 3 is 2.50 bits per heavy atom. The summed E-state index contributed by atoms with van der Waals surface area (Å²) in [5, 5.41) is 18.4. The first-order valence-electron chi connectivity index (χ1n) is 4.33. The van der Waals surface area contributed by atoms with Crippen LogP contribution in [0.15, 0.2) is 11.6 Å². The second-order valence-corrected chi connectivity index (χ2v) is 4.07. The Balaban J connectivity index is 2.64. The molecule has 0 radical (unpaired) electrons. The molecular formula is C9H13ClO4. The number of halogens is 1. The molecule has 1 heterocycles. The lowest BCUT2D eigenvalue weighted by molar-refractivity contribution is -0.146. The lowest BCUT2D eigenvalue weighted by Gasteiger charge is -2.23. The molecule has 4 nitrogen and oxygen atoms in total. The average molecular weight is 221 g/mol. The van der Waals surface area contributed by atoms with E-state index in [1.165, 1.54) is 6.08 Å². The van der Waals surface area contributed by atoms with E-state index in [4.69, 9.17) is 16.3 Å². The largest absolute Gasteiger partial charge is 0.452 e. The number of carbonyl (C=O) groups is 1. The van der Waals surface area contributed by atoms with Crippen LogP contribution >= 0.6 is 11.6 Å². The molecule has 5 heteroatoms. The molecule has 0 aromatic heterocycles. The number of hydrogen-bond donors (Lipinski definition) is 2. The predicted molar refractivity (Wildman–Crippen MR) is 51.0 cm³/mol. The van der Waals surface area contributed by atoms with Crippen LogP contribution in [-0.4, -0.2) is 39.9 Å². The fourth-order valence-electron chi connectivity index (χ4n) is 1.20. The first kappa shape index (κ1) is 11.5. The number of aliphatic hydroxyl groups excluding tert-OH is 2. The molecule has 2 N–H and O–H groups in total. The van der Waals surface area contributed by atoms with Gasteiger partial charge >= 0.3 is 5.97 Å². The van der Waals surface area contributed by atoms with Crippen molar-refractivity contribution >= 4 is 17.6 Å². The number of cyclic esters (lactones) is 1. The molecule has 4 atom stereocenters. The maximum absolute atomic E-state index is 11.0. The van der Waals surface area contributed by atoms with Crippen LogP contribution in [0.25, 0.3) is 0 Å². The molecule has 1 aliphatic rings. The van der Waals surface area contributed by atoms with Crippen molar-refractivity contribution < 1.29 is 19.7 Å². The zero-order valence-electron chi connectivity index (χ0n) is 7.98. The molecule has 0 aromatic carbocycles. The first-order valence-corrected chi connectivity index (χ1v) is 4.76. The van der Waals surface area contributed by atoms with Gasteiger partial charge in [-0.05, 0) is 19.9 Å². The molecule has 0 amide bonds. The third kappa shape index (κ3) is 2.26. The summed E-state index contributed by atoms with van der Waals surface area (Å²) in [5.74, 6) is -0.469. The van der Waals surface area contributed by atoms with Crippen molar-refractivity contribution in [2.24, 2.45) is 0 Å². The molecule has 0 unspecified atom stereocenters. The lowest BCUT2D eigenvalue weighted by atomic mass is 10.1. The fraction of sp³-hybridized carbons (Fsp3) is 0.667. The highest BCUT2D eigenvalue weighted by Gasteiger charge is 2.34. The van der Waals surface area contributed by atoms with Gasteiger partial charge in [0.25, 0.3) is 0 Å². The molecule has 1 aliphatic heterocycles. The van der Waals surface area contributed by atoms with Crippen molar-refractivity contribution in [3.05, 3.63) is 11.6 Å². The molecule has 80 valence electrons. The number of rotatable bonds is 3. The van der Waals surface area contributed by atoms with E-state index < -0.39 is 29.7 Å². The van der Waals surface area contributed by atoms with Gasteiger partial charge in [-0.15, -0.1) is 11.6 Å². The zero-order chi connectivity index (χ0) is 10.9. The van der Waals surface area contributed by atoms with E-state index in [0.717, 1.165) is 0 Å². The van der Waals surface area contributed by atoms with E-state index in [1.807, 2.05) is 0 Å². The van der Waals surface area contributed by atoms with E-state index in [1.54, 1.807) is 13.8 Å². The second kappa shape index (κ2) is 4.29. The Bertz CT molecular complexity index is 262. The van der Waals surface area contributed by atoms with E-state index in [2.05, 4.69) is 0 Å². The van der Waals surface area contributed by atoms with Crippen LogP contribution in [0.5, 0.6) is 0 Å². The van der Waals surface area contributed by atoms with Crippen LogP contribution in [0.1, 0.15) is 13.8 Å². The first-order chi connectivity index (χ1) is 6.43. The third-order valence-electron chi connectivity index (χ3n) is 2.14. The Morgan fingerprint density at radius 1 is 1.57 bits per heavy atom. The summed E-state index contributed by atoms with van der Waals surface area (Å²) in [4.78, 5) is 11.0. The van der Waals surface area contributed by atoms with Crippen LogP contribution in [0.3, 0.4) is 0 Å². The van der Waals surface area contributed by atoms with E-state index in [0.29, 0.717) is 5.57 Å². The van der Waals surface area contributed by atoms with Crippen molar-refractivity contribution in [3.63, 3.8) is 0 Å².